The van der Waals surface area contributed by atoms with Crippen molar-refractivity contribution in [2.75, 3.05) is 13.1 Å². The summed E-state index contributed by atoms with van der Waals surface area (Å²) in [6.45, 7) is 1.05. The van der Waals surface area contributed by atoms with Gasteiger partial charge >= 0.3 is 0 Å². The zero-order valence-corrected chi connectivity index (χ0v) is 11.9. The number of hydrogen-bond donors (Lipinski definition) is 1. The molecule has 110 valence electrons. The average molecular weight is 278 g/mol. The fourth-order valence-electron chi connectivity index (χ4n) is 2.94. The molecule has 1 fully saturated rings. The molecule has 0 bridgehead atoms. The number of nitrogens with two attached hydrogens (primary N) is 1. The Hall–Kier alpha value is -1.42. The van der Waals surface area contributed by atoms with Crippen molar-refractivity contribution >= 4 is 5.91 Å². The molecular formula is C16H23FN2O. The van der Waals surface area contributed by atoms with Gasteiger partial charge in [-0.15, -0.1) is 0 Å². The number of benzene rings is 1. The molecule has 4 heteroatoms. The molecule has 1 amide bonds. The number of halogens is 1. The van der Waals surface area contributed by atoms with Crippen molar-refractivity contribution in [2.45, 2.75) is 44.6 Å². The van der Waals surface area contributed by atoms with E-state index >= 15 is 0 Å². The summed E-state index contributed by atoms with van der Waals surface area (Å²) in [5.41, 5.74) is 6.43. The third kappa shape index (κ3) is 4.04. The first kappa shape index (κ1) is 15.0. The van der Waals surface area contributed by atoms with Crippen molar-refractivity contribution in [2.24, 2.45) is 5.73 Å². The Morgan fingerprint density at radius 1 is 1.35 bits per heavy atom. The largest absolute Gasteiger partial charge is 0.339 e. The number of carbonyl (C=O) groups is 1. The highest BCUT2D eigenvalue weighted by Gasteiger charge is 2.25. The predicted octanol–water partition coefficient (Wildman–Crippen LogP) is 2.49. The SMILES string of the molecule is NCCC(=O)N(CCc1cccc(F)c1)C1CCCC1. The van der Waals surface area contributed by atoms with Crippen LogP contribution in [0.5, 0.6) is 0 Å². The van der Waals surface area contributed by atoms with E-state index in [2.05, 4.69) is 0 Å². The fraction of sp³-hybridized carbons (Fsp3) is 0.562. The summed E-state index contributed by atoms with van der Waals surface area (Å²) in [6, 6.07) is 6.95. The summed E-state index contributed by atoms with van der Waals surface area (Å²) in [5.74, 6) is -0.0843. The van der Waals surface area contributed by atoms with E-state index in [-0.39, 0.29) is 11.7 Å². The molecule has 0 heterocycles. The highest BCUT2D eigenvalue weighted by Crippen LogP contribution is 2.24. The van der Waals surface area contributed by atoms with Crippen LogP contribution in [0.4, 0.5) is 4.39 Å². The van der Waals surface area contributed by atoms with Gasteiger partial charge in [0, 0.05) is 25.6 Å². The van der Waals surface area contributed by atoms with Crippen LogP contribution in [0.2, 0.25) is 0 Å². The summed E-state index contributed by atoms with van der Waals surface area (Å²) in [7, 11) is 0. The van der Waals surface area contributed by atoms with Gasteiger partial charge in [-0.05, 0) is 37.0 Å². The van der Waals surface area contributed by atoms with Crippen LogP contribution in [0.3, 0.4) is 0 Å². The normalized spacial score (nSPS) is 15.5. The molecule has 1 aromatic carbocycles. The van der Waals surface area contributed by atoms with Crippen LogP contribution < -0.4 is 5.73 Å². The lowest BCUT2D eigenvalue weighted by Gasteiger charge is -2.29. The predicted molar refractivity (Wildman–Crippen MR) is 77.7 cm³/mol. The topological polar surface area (TPSA) is 46.3 Å². The first-order chi connectivity index (χ1) is 9.70. The lowest BCUT2D eigenvalue weighted by molar-refractivity contribution is -0.133. The van der Waals surface area contributed by atoms with Gasteiger partial charge in [-0.25, -0.2) is 4.39 Å². The summed E-state index contributed by atoms with van der Waals surface area (Å²) in [5, 5.41) is 0. The van der Waals surface area contributed by atoms with Gasteiger partial charge in [0.25, 0.3) is 0 Å². The fourth-order valence-corrected chi connectivity index (χ4v) is 2.94. The van der Waals surface area contributed by atoms with Crippen molar-refractivity contribution in [1.82, 2.24) is 4.90 Å². The first-order valence-electron chi connectivity index (χ1n) is 7.44. The van der Waals surface area contributed by atoms with Crippen molar-refractivity contribution in [3.05, 3.63) is 35.6 Å². The third-order valence-electron chi connectivity index (χ3n) is 3.97. The Bertz CT molecular complexity index is 444. The van der Waals surface area contributed by atoms with Crippen LogP contribution in [0.15, 0.2) is 24.3 Å². The summed E-state index contributed by atoms with van der Waals surface area (Å²) < 4.78 is 13.2. The third-order valence-corrected chi connectivity index (χ3v) is 3.97. The van der Waals surface area contributed by atoms with E-state index in [1.807, 2.05) is 11.0 Å². The Labute approximate surface area is 120 Å². The van der Waals surface area contributed by atoms with Crippen LogP contribution in [-0.4, -0.2) is 29.9 Å². The minimum Gasteiger partial charge on any atom is -0.339 e. The minimum absolute atomic E-state index is 0.135. The van der Waals surface area contributed by atoms with Gasteiger partial charge in [0.2, 0.25) is 5.91 Å². The van der Waals surface area contributed by atoms with Gasteiger partial charge in [0.1, 0.15) is 5.82 Å². The van der Waals surface area contributed by atoms with Crippen LogP contribution in [0, 0.1) is 5.82 Å². The Kier molecular flexibility index (Phi) is 5.53. The van der Waals surface area contributed by atoms with Crippen LogP contribution in [0.25, 0.3) is 0 Å². The number of rotatable bonds is 6. The highest BCUT2D eigenvalue weighted by molar-refractivity contribution is 5.76. The molecule has 1 aliphatic rings. The molecule has 0 atom stereocenters. The quantitative estimate of drug-likeness (QED) is 0.869. The molecule has 3 nitrogen and oxygen atoms in total. The molecule has 0 spiro atoms. The molecule has 0 aromatic heterocycles. The molecule has 0 aliphatic heterocycles. The van der Waals surface area contributed by atoms with E-state index in [9.17, 15) is 9.18 Å². The molecule has 20 heavy (non-hydrogen) atoms. The van der Waals surface area contributed by atoms with Crippen LogP contribution in [0.1, 0.15) is 37.7 Å². The van der Waals surface area contributed by atoms with Gasteiger partial charge in [-0.1, -0.05) is 25.0 Å². The van der Waals surface area contributed by atoms with Crippen LogP contribution >= 0.6 is 0 Å². The highest BCUT2D eigenvalue weighted by atomic mass is 19.1. The smallest absolute Gasteiger partial charge is 0.224 e. The molecule has 1 saturated carbocycles. The van der Waals surface area contributed by atoms with Crippen molar-refractivity contribution in [3.8, 4) is 0 Å². The Balaban J connectivity index is 1.98. The molecule has 0 unspecified atom stereocenters. The van der Waals surface area contributed by atoms with E-state index in [1.54, 1.807) is 12.1 Å². The standard InChI is InChI=1S/C16H23FN2O/c17-14-5-3-4-13(12-14)9-11-19(16(20)8-10-18)15-6-1-2-7-15/h3-5,12,15H,1-2,6-11,18H2. The van der Waals surface area contributed by atoms with E-state index in [0.717, 1.165) is 18.4 Å². The molecule has 0 radical (unpaired) electrons. The number of amides is 1. The second-order valence-electron chi connectivity index (χ2n) is 5.44. The van der Waals surface area contributed by atoms with E-state index in [1.165, 1.54) is 18.9 Å². The van der Waals surface area contributed by atoms with Gasteiger partial charge in [0.05, 0.1) is 0 Å². The first-order valence-corrected chi connectivity index (χ1v) is 7.44. The molecule has 0 saturated heterocycles. The second kappa shape index (κ2) is 7.39. The van der Waals surface area contributed by atoms with Gasteiger partial charge < -0.3 is 10.6 Å². The van der Waals surface area contributed by atoms with E-state index in [0.29, 0.717) is 32.0 Å². The number of nitrogens with zero attached hydrogens (tertiary/aromatic N) is 1. The average Bonchev–Trinajstić information content (AvgIpc) is 2.93. The van der Waals surface area contributed by atoms with Crippen molar-refractivity contribution in [3.63, 3.8) is 0 Å². The summed E-state index contributed by atoms with van der Waals surface area (Å²) in [6.07, 6.45) is 5.65. The van der Waals surface area contributed by atoms with Crippen molar-refractivity contribution < 1.29 is 9.18 Å². The zero-order valence-electron chi connectivity index (χ0n) is 11.9. The monoisotopic (exact) mass is 278 g/mol. The lowest BCUT2D eigenvalue weighted by Crippen LogP contribution is -2.41. The Morgan fingerprint density at radius 3 is 2.75 bits per heavy atom. The van der Waals surface area contributed by atoms with E-state index < -0.39 is 0 Å². The maximum atomic E-state index is 13.2. The summed E-state index contributed by atoms with van der Waals surface area (Å²) in [4.78, 5) is 14.2. The lowest BCUT2D eigenvalue weighted by atomic mass is 10.1. The van der Waals surface area contributed by atoms with Gasteiger partial charge in [0.15, 0.2) is 0 Å². The molecular weight excluding hydrogens is 255 g/mol. The summed E-state index contributed by atoms with van der Waals surface area (Å²) >= 11 is 0. The second-order valence-corrected chi connectivity index (χ2v) is 5.44. The molecule has 2 N–H and O–H groups in total. The van der Waals surface area contributed by atoms with Gasteiger partial charge in [-0.3, -0.25) is 4.79 Å². The number of hydrogen-bond acceptors (Lipinski definition) is 2. The van der Waals surface area contributed by atoms with Crippen LogP contribution in [-0.2, 0) is 11.2 Å². The zero-order chi connectivity index (χ0) is 14.4. The maximum absolute atomic E-state index is 13.2. The van der Waals surface area contributed by atoms with Crippen molar-refractivity contribution in [1.29, 1.82) is 0 Å². The minimum atomic E-state index is -0.219. The molecule has 1 aromatic rings. The molecule has 1 aliphatic carbocycles. The molecule has 2 rings (SSSR count). The maximum Gasteiger partial charge on any atom is 0.224 e. The van der Waals surface area contributed by atoms with Gasteiger partial charge in [-0.2, -0.15) is 0 Å². The van der Waals surface area contributed by atoms with E-state index in [4.69, 9.17) is 5.73 Å². The Morgan fingerprint density at radius 2 is 2.10 bits per heavy atom. The number of carbonyl (C=O) groups excluding carboxylic acids is 1.